The molecule has 0 saturated heterocycles. The fourth-order valence-corrected chi connectivity index (χ4v) is 10.1. The van der Waals surface area contributed by atoms with E-state index in [-0.39, 0.29) is 44.8 Å². The van der Waals surface area contributed by atoms with Crippen molar-refractivity contribution in [3.05, 3.63) is 64.0 Å². The topological polar surface area (TPSA) is 71.4 Å². The second-order valence-corrected chi connectivity index (χ2v) is 20.1. The Bertz CT molecular complexity index is 859. The molecule has 0 radical (unpaired) electrons. The minimum absolute atomic E-state index is 0. The van der Waals surface area contributed by atoms with Crippen molar-refractivity contribution in [2.45, 2.75) is 37.3 Å². The van der Waals surface area contributed by atoms with Crippen molar-refractivity contribution in [2.24, 2.45) is 0 Å². The molecule has 33 heavy (non-hydrogen) atoms. The summed E-state index contributed by atoms with van der Waals surface area (Å²) < 4.78 is 5.52. The molecule has 0 aliphatic heterocycles. The maximum absolute atomic E-state index is 8.43. The first-order chi connectivity index (χ1) is 15.1. The van der Waals surface area contributed by atoms with Crippen LogP contribution in [0.15, 0.2) is 46.3 Å². The molecule has 0 atom stereocenters. The van der Waals surface area contributed by atoms with Crippen molar-refractivity contribution in [1.29, 1.82) is 15.8 Å². The predicted molar refractivity (Wildman–Crippen MR) is 150 cm³/mol. The van der Waals surface area contributed by atoms with Crippen LogP contribution in [0.5, 0.6) is 0 Å². The Balaban J connectivity index is -0.000000392. The Hall–Kier alpha value is 2.24. The zero-order valence-electron chi connectivity index (χ0n) is 16.5. The monoisotopic (exact) mass is 907 g/mol. The third-order valence-electron chi connectivity index (χ3n) is 2.77. The van der Waals surface area contributed by atoms with Gasteiger partial charge in [-0.05, 0) is 0 Å². The molecule has 3 rings (SSSR count). The number of alkyl halides is 2. The van der Waals surface area contributed by atoms with Crippen LogP contribution in [-0.4, -0.2) is 124 Å². The molecule has 0 spiro atoms. The van der Waals surface area contributed by atoms with E-state index in [1.807, 2.05) is 0 Å². The average Bonchev–Trinajstić information content (AvgIpc) is 3.60. The molecule has 3 nitrogen and oxygen atoms in total. The van der Waals surface area contributed by atoms with Gasteiger partial charge >= 0.3 is 265 Å². The third-order valence-corrected chi connectivity index (χ3v) is 16.1. The predicted octanol–water partition coefficient (Wildman–Crippen LogP) is 3.61. The fraction of sp³-hybridized carbons (Fsp3) is 0.286. The van der Waals surface area contributed by atoms with Gasteiger partial charge in [0, 0.05) is 0 Å². The summed E-state index contributed by atoms with van der Waals surface area (Å²) >= 11 is 13.9. The van der Waals surface area contributed by atoms with Crippen molar-refractivity contribution in [3.8, 4) is 14.9 Å². The van der Waals surface area contributed by atoms with Crippen LogP contribution >= 0.6 is 23.2 Å². The van der Waals surface area contributed by atoms with Gasteiger partial charge in [-0.1, -0.05) is 14.9 Å². The van der Waals surface area contributed by atoms with E-state index in [1.165, 1.54) is 17.7 Å². The quantitative estimate of drug-likeness (QED) is 0.281. The van der Waals surface area contributed by atoms with Gasteiger partial charge in [-0.3, -0.25) is 0 Å². The second kappa shape index (κ2) is 30.5. The summed E-state index contributed by atoms with van der Waals surface area (Å²) in [6.07, 6.45) is 0. The minimum atomic E-state index is 0. The molecule has 3 aromatic heterocycles. The summed E-state index contributed by atoms with van der Waals surface area (Å²) in [5, 5.41) is 26.5. The van der Waals surface area contributed by atoms with Crippen LogP contribution in [0.4, 0.5) is 0 Å². The molecule has 0 saturated carbocycles. The van der Waals surface area contributed by atoms with Crippen LogP contribution in [0.2, 0.25) is 0 Å². The molecule has 3 aromatic rings. The van der Waals surface area contributed by atoms with E-state index < -0.39 is 0 Å². The Labute approximate surface area is 274 Å². The molecule has 12 heteroatoms. The maximum atomic E-state index is 8.43. The Morgan fingerprint density at radius 3 is 1.33 bits per heavy atom. The van der Waals surface area contributed by atoms with Gasteiger partial charge in [0.05, 0.1) is 0 Å². The SMILES string of the molecule is C.C.ClCc1ccc(CCl)[se]1.N#C[Se]Cc1ccc(C[Se]C#N)[se]1.N#C[Se][K].c1cc[se]c1. The number of rotatable bonds is 6. The van der Waals surface area contributed by atoms with Gasteiger partial charge in [0.15, 0.2) is 0 Å². The first-order valence-corrected chi connectivity index (χ1v) is 28.1. The van der Waals surface area contributed by atoms with Gasteiger partial charge in [0.25, 0.3) is 0 Å². The molecule has 174 valence electrons. The van der Waals surface area contributed by atoms with Crippen LogP contribution < -0.4 is 0 Å². The molecule has 0 bridgehead atoms. The van der Waals surface area contributed by atoms with Gasteiger partial charge in [0.2, 0.25) is 0 Å². The Morgan fingerprint density at radius 2 is 1.09 bits per heavy atom. The van der Waals surface area contributed by atoms with E-state index in [0.29, 0.717) is 60.9 Å². The van der Waals surface area contributed by atoms with E-state index in [0.717, 1.165) is 56.0 Å². The van der Waals surface area contributed by atoms with E-state index in [2.05, 4.69) is 61.2 Å². The third kappa shape index (κ3) is 24.3. The van der Waals surface area contributed by atoms with Crippen molar-refractivity contribution >= 4 is 148 Å². The summed E-state index contributed by atoms with van der Waals surface area (Å²) in [6.45, 7) is 0. The summed E-state index contributed by atoms with van der Waals surface area (Å²) in [4.78, 5) is 10.9. The molecule has 0 unspecified atom stereocenters. The molecule has 0 fully saturated rings. The van der Waals surface area contributed by atoms with Crippen LogP contribution in [0, 0.1) is 30.7 Å². The van der Waals surface area contributed by atoms with Crippen LogP contribution in [0.3, 0.4) is 0 Å². The van der Waals surface area contributed by atoms with E-state index in [1.54, 1.807) is 0 Å². The summed E-state index contributed by atoms with van der Waals surface area (Å²) in [5.74, 6) is 1.33. The summed E-state index contributed by atoms with van der Waals surface area (Å²) in [5.41, 5.74) is 0.410. The molecular weight excluding hydrogens is 878 g/mol. The molecule has 0 amide bonds. The van der Waals surface area contributed by atoms with E-state index in [4.69, 9.17) is 39.0 Å². The number of hydrogen-bond donors (Lipinski definition) is 0. The summed E-state index contributed by atoms with van der Waals surface area (Å²) in [7, 11) is 0. The van der Waals surface area contributed by atoms with Gasteiger partial charge in [-0.25, -0.2) is 0 Å². The molecule has 3 heterocycles. The molecule has 0 aliphatic carbocycles. The van der Waals surface area contributed by atoms with Crippen molar-refractivity contribution in [3.63, 3.8) is 0 Å². The molecular formula is C21H24Cl2KN3Se6. The van der Waals surface area contributed by atoms with Gasteiger partial charge in [-0.15, -0.1) is 0 Å². The number of nitrogens with zero attached hydrogens (tertiary/aromatic N) is 3. The van der Waals surface area contributed by atoms with Crippen molar-refractivity contribution < 1.29 is 0 Å². The van der Waals surface area contributed by atoms with Gasteiger partial charge < -0.3 is 0 Å². The fourth-order valence-electron chi connectivity index (χ4n) is 1.58. The van der Waals surface area contributed by atoms with Crippen LogP contribution in [0.25, 0.3) is 0 Å². The van der Waals surface area contributed by atoms with Gasteiger partial charge in [0.1, 0.15) is 0 Å². The molecule has 0 aromatic carbocycles. The van der Waals surface area contributed by atoms with Crippen molar-refractivity contribution in [2.75, 3.05) is 0 Å². The Kier molecular flexibility index (Phi) is 36.7. The van der Waals surface area contributed by atoms with Gasteiger partial charge in [-0.2, -0.15) is 0 Å². The Morgan fingerprint density at radius 1 is 0.727 bits per heavy atom. The zero-order chi connectivity index (χ0) is 23.2. The molecule has 0 aliphatic rings. The first kappa shape index (κ1) is 39.8. The normalized spacial score (nSPS) is 8.15. The van der Waals surface area contributed by atoms with Crippen molar-refractivity contribution in [1.82, 2.24) is 0 Å². The van der Waals surface area contributed by atoms with E-state index in [9.17, 15) is 0 Å². The van der Waals surface area contributed by atoms with Crippen LogP contribution in [0.1, 0.15) is 32.6 Å². The number of nitriles is 3. The zero-order valence-corrected chi connectivity index (χ0v) is 31.4. The summed E-state index contributed by atoms with van der Waals surface area (Å²) in [6, 6.07) is 12.6. The molecule has 0 N–H and O–H groups in total. The standard InChI is InChI=1S/C8H6N2Se3.C6H6Cl2Se.C4H4Se.CHNSe.2CH4.K/c9-5-11-3-7-1-2-8(13-7)4-12-6-10;7-3-5-1-2-6(4-8)9-5;1-2-4-5-3-1;2-1-3;;;/h1-2H,3-4H2;1-2H,3-4H2;1-4H;3H;2*1H4;/q;;;;;;+1/p-1. The second-order valence-electron chi connectivity index (χ2n) is 4.85. The number of halogens is 2. The van der Waals surface area contributed by atoms with Crippen LogP contribution in [-0.2, 0) is 22.4 Å². The number of hydrogen-bond acceptors (Lipinski definition) is 3. The van der Waals surface area contributed by atoms with E-state index >= 15 is 0 Å². The first-order valence-electron chi connectivity index (χ1n) is 8.33. The average molecular weight is 902 g/mol.